The molecule has 4 aromatic rings. The highest BCUT2D eigenvalue weighted by Crippen LogP contribution is 2.37. The Morgan fingerprint density at radius 3 is 2.47 bits per heavy atom. The normalized spacial score (nSPS) is 14.6. The number of rotatable bonds is 6. The zero-order chi connectivity index (χ0) is 25.2. The summed E-state index contributed by atoms with van der Waals surface area (Å²) in [5.74, 6) is 1.46. The first kappa shape index (κ1) is 23.1. The first-order valence-electron chi connectivity index (χ1n) is 11.5. The number of benzene rings is 2. The number of anilines is 3. The molecule has 0 saturated carbocycles. The molecule has 182 valence electrons. The maximum Gasteiger partial charge on any atom is 0.255 e. The van der Waals surface area contributed by atoms with E-state index in [1.54, 1.807) is 36.3 Å². The van der Waals surface area contributed by atoms with Gasteiger partial charge in [-0.15, -0.1) is 5.10 Å². The zero-order valence-electron chi connectivity index (χ0n) is 20.6. The number of hydrogen-bond donors (Lipinski definition) is 2. The van der Waals surface area contributed by atoms with Gasteiger partial charge in [-0.2, -0.15) is 4.98 Å². The molecular weight excluding hydrogens is 454 g/mol. The number of amides is 1. The van der Waals surface area contributed by atoms with Crippen molar-refractivity contribution in [2.75, 3.05) is 36.7 Å². The van der Waals surface area contributed by atoms with Crippen molar-refractivity contribution in [1.82, 2.24) is 19.7 Å². The number of carbonyl (C=O) groups excluding carboxylic acids is 1. The molecular formula is C27H27N7O2. The number of hydrogen-bond acceptors (Lipinski definition) is 7. The number of allylic oxidation sites excluding steroid dienone is 1. The molecule has 5 rings (SSSR count). The topological polar surface area (TPSA) is 97.2 Å². The maximum atomic E-state index is 13.7. The van der Waals surface area contributed by atoms with Gasteiger partial charge in [-0.25, -0.2) is 4.68 Å². The Morgan fingerprint density at radius 2 is 1.78 bits per heavy atom. The van der Waals surface area contributed by atoms with Gasteiger partial charge < -0.3 is 20.3 Å². The van der Waals surface area contributed by atoms with Gasteiger partial charge in [-0.3, -0.25) is 9.78 Å². The van der Waals surface area contributed by atoms with E-state index < -0.39 is 6.04 Å². The summed E-state index contributed by atoms with van der Waals surface area (Å²) < 4.78 is 7.18. The number of fused-ring (bicyclic) bond motifs is 1. The average Bonchev–Trinajstić information content (AvgIpc) is 3.32. The van der Waals surface area contributed by atoms with Crippen molar-refractivity contribution in [3.05, 3.63) is 89.9 Å². The quantitative estimate of drug-likeness (QED) is 0.423. The van der Waals surface area contributed by atoms with E-state index in [0.29, 0.717) is 34.5 Å². The fraction of sp³-hybridized carbons (Fsp3) is 0.185. The Kier molecular flexibility index (Phi) is 6.12. The molecule has 1 atom stereocenters. The number of nitrogens with one attached hydrogen (secondary N) is 2. The van der Waals surface area contributed by atoms with E-state index in [1.165, 1.54) is 0 Å². The molecule has 2 N–H and O–H groups in total. The van der Waals surface area contributed by atoms with Crippen LogP contribution in [0, 0.1) is 0 Å². The van der Waals surface area contributed by atoms with Crippen molar-refractivity contribution in [2.45, 2.75) is 13.0 Å². The number of para-hydroxylation sites is 2. The molecule has 9 nitrogen and oxygen atoms in total. The molecule has 3 heterocycles. The lowest BCUT2D eigenvalue weighted by Gasteiger charge is -2.28. The second-order valence-electron chi connectivity index (χ2n) is 8.65. The van der Waals surface area contributed by atoms with Crippen LogP contribution in [0.3, 0.4) is 0 Å². The van der Waals surface area contributed by atoms with Crippen LogP contribution in [0.1, 0.15) is 18.5 Å². The lowest BCUT2D eigenvalue weighted by molar-refractivity contribution is -0.113. The predicted octanol–water partition coefficient (Wildman–Crippen LogP) is 4.34. The molecule has 0 spiro atoms. The summed E-state index contributed by atoms with van der Waals surface area (Å²) in [5.41, 5.74) is 4.65. The summed E-state index contributed by atoms with van der Waals surface area (Å²) >= 11 is 0. The van der Waals surface area contributed by atoms with Crippen LogP contribution in [0.4, 0.5) is 17.3 Å². The maximum absolute atomic E-state index is 13.7. The lowest BCUT2D eigenvalue weighted by atomic mass is 9.96. The van der Waals surface area contributed by atoms with Gasteiger partial charge in [0.25, 0.3) is 5.91 Å². The number of nitrogens with zero attached hydrogens (tertiary/aromatic N) is 5. The molecule has 36 heavy (non-hydrogen) atoms. The van der Waals surface area contributed by atoms with Crippen LogP contribution < -0.4 is 20.3 Å². The lowest BCUT2D eigenvalue weighted by Crippen LogP contribution is -2.31. The largest absolute Gasteiger partial charge is 0.495 e. The second-order valence-corrected chi connectivity index (χ2v) is 8.65. The van der Waals surface area contributed by atoms with Gasteiger partial charge in [0.1, 0.15) is 11.8 Å². The van der Waals surface area contributed by atoms with Gasteiger partial charge in [-0.1, -0.05) is 12.1 Å². The van der Waals surface area contributed by atoms with E-state index in [9.17, 15) is 4.79 Å². The molecule has 2 aromatic carbocycles. The smallest absolute Gasteiger partial charge is 0.255 e. The van der Waals surface area contributed by atoms with Crippen molar-refractivity contribution in [3.63, 3.8) is 0 Å². The molecule has 1 amide bonds. The SMILES string of the molecule is COc1ccccc1NC(=O)C1=C(C)Nc2nc(-c3ccc(N(C)C)cc3)nn2[C@H]1c1ccncc1. The third kappa shape index (κ3) is 4.26. The molecule has 9 heteroatoms. The average molecular weight is 482 g/mol. The summed E-state index contributed by atoms with van der Waals surface area (Å²) in [4.78, 5) is 24.6. The van der Waals surface area contributed by atoms with E-state index in [1.807, 2.05) is 74.4 Å². The Balaban J connectivity index is 1.56. The van der Waals surface area contributed by atoms with Crippen LogP contribution in [0.25, 0.3) is 11.4 Å². The Morgan fingerprint density at radius 1 is 1.06 bits per heavy atom. The van der Waals surface area contributed by atoms with Gasteiger partial charge in [0.05, 0.1) is 18.4 Å². The Hall–Kier alpha value is -4.66. The van der Waals surface area contributed by atoms with Gasteiger partial charge >= 0.3 is 0 Å². The minimum Gasteiger partial charge on any atom is -0.495 e. The summed E-state index contributed by atoms with van der Waals surface area (Å²) in [7, 11) is 5.57. The molecule has 0 fully saturated rings. The first-order chi connectivity index (χ1) is 17.5. The van der Waals surface area contributed by atoms with Crippen molar-refractivity contribution >= 4 is 23.2 Å². The summed E-state index contributed by atoms with van der Waals surface area (Å²) in [6.45, 7) is 1.87. The minimum atomic E-state index is -0.499. The molecule has 0 saturated heterocycles. The number of methoxy groups -OCH3 is 1. The molecule has 1 aliphatic rings. The molecule has 0 unspecified atom stereocenters. The van der Waals surface area contributed by atoms with E-state index in [2.05, 4.69) is 15.6 Å². The number of pyridine rings is 1. The van der Waals surface area contributed by atoms with E-state index in [0.717, 1.165) is 16.8 Å². The zero-order valence-corrected chi connectivity index (χ0v) is 20.6. The van der Waals surface area contributed by atoms with E-state index in [4.69, 9.17) is 14.8 Å². The molecule has 2 aromatic heterocycles. The third-order valence-electron chi connectivity index (χ3n) is 6.12. The van der Waals surface area contributed by atoms with Crippen LogP contribution in [-0.4, -0.2) is 46.9 Å². The van der Waals surface area contributed by atoms with Gasteiger partial charge in [0, 0.05) is 43.4 Å². The predicted molar refractivity (Wildman–Crippen MR) is 140 cm³/mol. The van der Waals surface area contributed by atoms with Crippen LogP contribution in [0.15, 0.2) is 84.3 Å². The van der Waals surface area contributed by atoms with Crippen LogP contribution in [-0.2, 0) is 4.79 Å². The van der Waals surface area contributed by atoms with Crippen molar-refractivity contribution < 1.29 is 9.53 Å². The Bertz CT molecular complexity index is 1430. The first-order valence-corrected chi connectivity index (χ1v) is 11.5. The molecule has 0 radical (unpaired) electrons. The van der Waals surface area contributed by atoms with Crippen LogP contribution >= 0.6 is 0 Å². The standard InChI is InChI=1S/C27H27N7O2/c1-17-23(26(35)30-21-7-5-6-8-22(21)36-4)24(18-13-15-28-16-14-18)34-27(29-17)31-25(32-34)19-9-11-20(12-10-19)33(2)3/h5-16,24H,1-4H3,(H,30,35)(H,29,31,32)/t24-/m0/s1. The summed E-state index contributed by atoms with van der Waals surface area (Å²) in [6, 6.07) is 18.6. The van der Waals surface area contributed by atoms with Crippen LogP contribution in [0.5, 0.6) is 5.75 Å². The van der Waals surface area contributed by atoms with Crippen molar-refractivity contribution in [3.8, 4) is 17.1 Å². The van der Waals surface area contributed by atoms with E-state index in [-0.39, 0.29) is 5.91 Å². The highest BCUT2D eigenvalue weighted by Gasteiger charge is 2.34. The fourth-order valence-electron chi connectivity index (χ4n) is 4.27. The van der Waals surface area contributed by atoms with Crippen molar-refractivity contribution in [1.29, 1.82) is 0 Å². The summed E-state index contributed by atoms with van der Waals surface area (Å²) in [6.07, 6.45) is 3.42. The molecule has 1 aliphatic heterocycles. The third-order valence-corrected chi connectivity index (χ3v) is 6.12. The van der Waals surface area contributed by atoms with Crippen LogP contribution in [0.2, 0.25) is 0 Å². The molecule has 0 aliphatic carbocycles. The number of ether oxygens (including phenoxy) is 1. The number of carbonyl (C=O) groups is 1. The number of aromatic nitrogens is 4. The highest BCUT2D eigenvalue weighted by molar-refractivity contribution is 6.06. The monoisotopic (exact) mass is 481 g/mol. The summed E-state index contributed by atoms with van der Waals surface area (Å²) in [5, 5.41) is 11.1. The minimum absolute atomic E-state index is 0.260. The second kappa shape index (κ2) is 9.53. The molecule has 0 bridgehead atoms. The Labute approximate surface area is 209 Å². The van der Waals surface area contributed by atoms with E-state index >= 15 is 0 Å². The van der Waals surface area contributed by atoms with Gasteiger partial charge in [0.2, 0.25) is 5.95 Å². The fourth-order valence-corrected chi connectivity index (χ4v) is 4.27. The highest BCUT2D eigenvalue weighted by atomic mass is 16.5. The van der Waals surface area contributed by atoms with Gasteiger partial charge in [-0.05, 0) is 61.0 Å². The van der Waals surface area contributed by atoms with Crippen molar-refractivity contribution in [2.24, 2.45) is 0 Å². The van der Waals surface area contributed by atoms with Gasteiger partial charge in [0.15, 0.2) is 5.82 Å².